The number of nitrogens with zero attached hydrogens (tertiary/aromatic N) is 1. The zero-order valence-electron chi connectivity index (χ0n) is 25.2. The summed E-state index contributed by atoms with van der Waals surface area (Å²) in [5.74, 6) is -1.38. The maximum absolute atomic E-state index is 13.0. The van der Waals surface area contributed by atoms with Gasteiger partial charge >= 0.3 is 11.9 Å². The number of methoxy groups -OCH3 is 1. The number of aromatic carboxylic acids is 1. The summed E-state index contributed by atoms with van der Waals surface area (Å²) in [6.45, 7) is 2.72. The quantitative estimate of drug-likeness (QED) is 0.233. The van der Waals surface area contributed by atoms with E-state index in [1.807, 2.05) is 61.5 Å². The fourth-order valence-electron chi connectivity index (χ4n) is 6.21. The SMILES string of the molecule is COC(=O)C(Oc1c(C(=O)O)sc(-c2cccc(NC3CCN(S(=O)(=O)Cc4ccccc4)CC3)c2)c1C)C1CCCCC1. The number of piperidine rings is 1. The molecule has 0 amide bonds. The normalized spacial score (nSPS) is 17.6. The predicted molar refractivity (Wildman–Crippen MR) is 172 cm³/mol. The van der Waals surface area contributed by atoms with Gasteiger partial charge < -0.3 is 19.9 Å². The van der Waals surface area contributed by atoms with Crippen LogP contribution < -0.4 is 10.1 Å². The first-order valence-corrected chi connectivity index (χ1v) is 17.6. The van der Waals surface area contributed by atoms with E-state index in [0.29, 0.717) is 31.5 Å². The van der Waals surface area contributed by atoms with Crippen LogP contribution >= 0.6 is 11.3 Å². The number of nitrogens with one attached hydrogen (secondary N) is 1. The molecule has 1 aliphatic heterocycles. The van der Waals surface area contributed by atoms with Crippen LogP contribution in [-0.4, -0.2) is 62.1 Å². The van der Waals surface area contributed by atoms with E-state index in [-0.39, 0.29) is 28.3 Å². The number of carbonyl (C=O) groups excluding carboxylic acids is 1. The minimum Gasteiger partial charge on any atom is -0.477 e. The topological polar surface area (TPSA) is 122 Å². The monoisotopic (exact) mass is 640 g/mol. The van der Waals surface area contributed by atoms with Gasteiger partial charge in [-0.3, -0.25) is 0 Å². The predicted octanol–water partition coefficient (Wildman–Crippen LogP) is 6.33. The van der Waals surface area contributed by atoms with Gasteiger partial charge in [0.1, 0.15) is 5.75 Å². The molecule has 1 atom stereocenters. The van der Waals surface area contributed by atoms with Gasteiger partial charge in [0.25, 0.3) is 0 Å². The molecule has 1 saturated carbocycles. The number of rotatable bonds is 11. The Morgan fingerprint density at radius 2 is 1.73 bits per heavy atom. The Morgan fingerprint density at radius 1 is 1.02 bits per heavy atom. The fourth-order valence-corrected chi connectivity index (χ4v) is 8.85. The summed E-state index contributed by atoms with van der Waals surface area (Å²) in [7, 11) is -2.06. The Kier molecular flexibility index (Phi) is 10.3. The van der Waals surface area contributed by atoms with E-state index in [0.717, 1.165) is 65.1 Å². The minimum absolute atomic E-state index is 0.000783. The third-order valence-corrected chi connectivity index (χ3v) is 11.7. The first-order valence-electron chi connectivity index (χ1n) is 15.2. The number of carboxylic acids is 1. The summed E-state index contributed by atoms with van der Waals surface area (Å²) in [6, 6.07) is 17.1. The molecular formula is C33H40N2O7S2. The Labute approximate surface area is 263 Å². The van der Waals surface area contributed by atoms with Gasteiger partial charge in [0.2, 0.25) is 10.0 Å². The summed E-state index contributed by atoms with van der Waals surface area (Å²) < 4.78 is 38.8. The second kappa shape index (κ2) is 14.1. The van der Waals surface area contributed by atoms with E-state index in [1.165, 1.54) is 7.11 Å². The molecule has 0 spiro atoms. The largest absolute Gasteiger partial charge is 0.477 e. The van der Waals surface area contributed by atoms with Crippen molar-refractivity contribution < 1.29 is 32.6 Å². The zero-order valence-corrected chi connectivity index (χ0v) is 26.8. The lowest BCUT2D eigenvalue weighted by Crippen LogP contribution is -2.42. The lowest BCUT2D eigenvalue weighted by Gasteiger charge is -2.32. The highest BCUT2D eigenvalue weighted by molar-refractivity contribution is 7.88. The van der Waals surface area contributed by atoms with Gasteiger partial charge in [-0.1, -0.05) is 61.7 Å². The van der Waals surface area contributed by atoms with E-state index >= 15 is 0 Å². The first kappa shape index (κ1) is 32.0. The highest BCUT2D eigenvalue weighted by Gasteiger charge is 2.35. The van der Waals surface area contributed by atoms with Crippen molar-refractivity contribution in [2.45, 2.75) is 69.8 Å². The van der Waals surface area contributed by atoms with Crippen molar-refractivity contribution in [1.82, 2.24) is 4.31 Å². The standard InChI is InChI=1S/C33H40N2O7S2/c1-22-28(42-29(33(38)41-2)24-12-7-4-8-13-24)31(32(36)37)43-30(22)25-14-9-15-27(20-25)34-26-16-18-35(19-17-26)44(39,40)21-23-10-5-3-6-11-23/h3,5-6,9-11,14-15,20,24,26,29,34H,4,7-8,12-13,16-19,21H2,1-2H3,(H,36,37). The number of hydrogen-bond acceptors (Lipinski definition) is 8. The van der Waals surface area contributed by atoms with Gasteiger partial charge in [0.15, 0.2) is 11.0 Å². The first-order chi connectivity index (χ1) is 21.2. The Hall–Kier alpha value is -3.41. The van der Waals surface area contributed by atoms with Gasteiger partial charge in [-0.25, -0.2) is 22.3 Å². The Balaban J connectivity index is 1.29. The minimum atomic E-state index is -3.39. The molecule has 2 aromatic carbocycles. The second-order valence-corrected chi connectivity index (χ2v) is 14.6. The van der Waals surface area contributed by atoms with Crippen LogP contribution in [0.4, 0.5) is 5.69 Å². The number of sulfonamides is 1. The number of anilines is 1. The van der Waals surface area contributed by atoms with Crippen molar-refractivity contribution in [3.63, 3.8) is 0 Å². The summed E-state index contributed by atoms with van der Waals surface area (Å²) in [5, 5.41) is 13.6. The molecular weight excluding hydrogens is 601 g/mol. The van der Waals surface area contributed by atoms with Gasteiger partial charge in [-0.2, -0.15) is 0 Å². The molecule has 0 bridgehead atoms. The number of carbonyl (C=O) groups is 2. The van der Waals surface area contributed by atoms with E-state index in [1.54, 1.807) is 4.31 Å². The lowest BCUT2D eigenvalue weighted by molar-refractivity contribution is -0.152. The molecule has 1 saturated heterocycles. The third-order valence-electron chi connectivity index (χ3n) is 8.58. The van der Waals surface area contributed by atoms with Gasteiger partial charge in [0, 0.05) is 41.2 Å². The van der Waals surface area contributed by atoms with Crippen molar-refractivity contribution in [2.24, 2.45) is 5.92 Å². The molecule has 3 aromatic rings. The average molecular weight is 641 g/mol. The number of thiophene rings is 1. The van der Waals surface area contributed by atoms with E-state index in [4.69, 9.17) is 9.47 Å². The molecule has 1 aliphatic carbocycles. The number of carboxylic acid groups (broad SMARTS) is 1. The van der Waals surface area contributed by atoms with Crippen LogP contribution in [0.15, 0.2) is 54.6 Å². The molecule has 1 unspecified atom stereocenters. The molecule has 2 N–H and O–H groups in total. The van der Waals surface area contributed by atoms with Crippen LogP contribution in [0.3, 0.4) is 0 Å². The molecule has 2 heterocycles. The lowest BCUT2D eigenvalue weighted by atomic mass is 9.85. The van der Waals surface area contributed by atoms with E-state index < -0.39 is 28.1 Å². The maximum Gasteiger partial charge on any atom is 0.349 e. The van der Waals surface area contributed by atoms with E-state index in [9.17, 15) is 23.1 Å². The van der Waals surface area contributed by atoms with Crippen LogP contribution in [0, 0.1) is 12.8 Å². The van der Waals surface area contributed by atoms with Crippen LogP contribution in [0.25, 0.3) is 10.4 Å². The van der Waals surface area contributed by atoms with E-state index in [2.05, 4.69) is 5.32 Å². The van der Waals surface area contributed by atoms with Crippen molar-refractivity contribution in [3.05, 3.63) is 70.6 Å². The van der Waals surface area contributed by atoms with Crippen LogP contribution in [0.2, 0.25) is 0 Å². The molecule has 0 radical (unpaired) electrons. The third kappa shape index (κ3) is 7.44. The zero-order chi connectivity index (χ0) is 31.3. The molecule has 2 fully saturated rings. The number of benzene rings is 2. The Morgan fingerprint density at radius 3 is 2.39 bits per heavy atom. The van der Waals surface area contributed by atoms with Crippen molar-refractivity contribution in [1.29, 1.82) is 0 Å². The molecule has 1 aromatic heterocycles. The summed E-state index contributed by atoms with van der Waals surface area (Å²) >= 11 is 1.14. The van der Waals surface area contributed by atoms with Crippen molar-refractivity contribution in [2.75, 3.05) is 25.5 Å². The number of ether oxygens (including phenoxy) is 2. The Bertz CT molecular complexity index is 1560. The summed E-state index contributed by atoms with van der Waals surface area (Å²) in [6.07, 6.45) is 5.29. The average Bonchev–Trinajstić information content (AvgIpc) is 3.36. The van der Waals surface area contributed by atoms with Crippen molar-refractivity contribution in [3.8, 4) is 16.2 Å². The smallest absolute Gasteiger partial charge is 0.349 e. The van der Waals surface area contributed by atoms with Crippen LogP contribution in [-0.2, 0) is 25.3 Å². The molecule has 5 rings (SSSR count). The highest BCUT2D eigenvalue weighted by atomic mass is 32.2. The summed E-state index contributed by atoms with van der Waals surface area (Å²) in [5.41, 5.74) is 3.16. The fraction of sp³-hybridized carbons (Fsp3) is 0.455. The number of hydrogen-bond donors (Lipinski definition) is 2. The van der Waals surface area contributed by atoms with Crippen LogP contribution in [0.5, 0.6) is 5.75 Å². The van der Waals surface area contributed by atoms with Gasteiger partial charge in [0.05, 0.1) is 12.9 Å². The molecule has 44 heavy (non-hydrogen) atoms. The molecule has 11 heteroatoms. The second-order valence-electron chi connectivity index (χ2n) is 11.6. The highest BCUT2D eigenvalue weighted by Crippen LogP contribution is 2.43. The van der Waals surface area contributed by atoms with Gasteiger partial charge in [-0.05, 0) is 55.9 Å². The number of esters is 1. The van der Waals surface area contributed by atoms with Gasteiger partial charge in [-0.15, -0.1) is 11.3 Å². The van der Waals surface area contributed by atoms with Crippen molar-refractivity contribution >= 4 is 39.0 Å². The van der Waals surface area contributed by atoms with Crippen LogP contribution in [0.1, 0.15) is 65.7 Å². The molecule has 9 nitrogen and oxygen atoms in total. The maximum atomic E-state index is 13.0. The summed E-state index contributed by atoms with van der Waals surface area (Å²) in [4.78, 5) is 25.9. The molecule has 236 valence electrons. The molecule has 2 aliphatic rings.